The highest BCUT2D eigenvalue weighted by Crippen LogP contribution is 2.67. The minimum atomic E-state index is -0.269. The summed E-state index contributed by atoms with van der Waals surface area (Å²) in [4.78, 5) is 12.4. The monoisotopic (exact) mass is 334 g/mol. The smallest absolute Gasteiger partial charge is 0.333 e. The molecule has 126 valence electrons. The van der Waals surface area contributed by atoms with Crippen LogP contribution in [-0.4, -0.2) is 13.1 Å². The Morgan fingerprint density at radius 2 is 1.68 bits per heavy atom. The second kappa shape index (κ2) is 5.29. The third-order valence-corrected chi connectivity index (χ3v) is 6.43. The zero-order valence-corrected chi connectivity index (χ0v) is 14.0. The molecule has 0 N–H and O–H groups in total. The van der Waals surface area contributed by atoms with Crippen LogP contribution in [0.2, 0.25) is 0 Å². The Kier molecular flexibility index (Phi) is 3.15. The van der Waals surface area contributed by atoms with Crippen molar-refractivity contribution >= 4 is 5.97 Å². The second-order valence-electron chi connectivity index (χ2n) is 7.35. The van der Waals surface area contributed by atoms with Crippen LogP contribution in [0.4, 0.5) is 4.39 Å². The Morgan fingerprint density at radius 3 is 2.40 bits per heavy atom. The molecule has 25 heavy (non-hydrogen) atoms. The summed E-state index contributed by atoms with van der Waals surface area (Å²) >= 11 is 0. The number of hydrogen-bond donors (Lipinski definition) is 0. The van der Waals surface area contributed by atoms with E-state index >= 15 is 0 Å². The zero-order chi connectivity index (χ0) is 17.1. The fourth-order valence-corrected chi connectivity index (χ4v) is 5.59. The molecule has 2 nitrogen and oxygen atoms in total. The van der Waals surface area contributed by atoms with Gasteiger partial charge in [-0.3, -0.25) is 0 Å². The quantitative estimate of drug-likeness (QED) is 0.754. The van der Waals surface area contributed by atoms with Crippen LogP contribution in [0.5, 0.6) is 0 Å². The Hall–Kier alpha value is -2.42. The maximum atomic E-state index is 14.7. The van der Waals surface area contributed by atoms with E-state index in [4.69, 9.17) is 4.74 Å². The van der Waals surface area contributed by atoms with E-state index in [0.29, 0.717) is 5.92 Å². The number of fused-ring (bicyclic) bond motifs is 4. The molecule has 0 aromatic heterocycles. The number of halogens is 1. The molecule has 0 radical (unpaired) electrons. The first kappa shape index (κ1) is 14.9. The van der Waals surface area contributed by atoms with Gasteiger partial charge < -0.3 is 4.74 Å². The lowest BCUT2D eigenvalue weighted by Gasteiger charge is -2.29. The lowest BCUT2D eigenvalue weighted by Crippen LogP contribution is -2.23. The average molecular weight is 334 g/mol. The highest BCUT2D eigenvalue weighted by atomic mass is 19.1. The van der Waals surface area contributed by atoms with Gasteiger partial charge in [-0.1, -0.05) is 48.5 Å². The Bertz CT molecular complexity index is 900. The van der Waals surface area contributed by atoms with E-state index in [0.717, 1.165) is 17.6 Å². The summed E-state index contributed by atoms with van der Waals surface area (Å²) in [5.74, 6) is 0.527. The standard InChI is InChI=1S/C22H19FO2/c1-25-22(24)18-10-15-12-6-2-3-7-13(12)20-16(15)11-17(18)21(20)14-8-4-5-9-19(14)23/h2-10,15-17,20-21H,11H2,1H3/t15?,16?,17?,20?,21-/m1/s1. The van der Waals surface area contributed by atoms with Crippen molar-refractivity contribution in [3.05, 3.63) is 82.7 Å². The van der Waals surface area contributed by atoms with Gasteiger partial charge in [0.2, 0.25) is 0 Å². The minimum Gasteiger partial charge on any atom is -0.466 e. The van der Waals surface area contributed by atoms with Crippen molar-refractivity contribution in [1.82, 2.24) is 0 Å². The molecule has 0 amide bonds. The molecule has 4 unspecified atom stereocenters. The first-order chi connectivity index (χ1) is 12.2. The van der Waals surface area contributed by atoms with Crippen molar-refractivity contribution in [2.45, 2.75) is 24.2 Å². The second-order valence-corrected chi connectivity index (χ2v) is 7.35. The van der Waals surface area contributed by atoms with Crippen molar-refractivity contribution in [3.8, 4) is 0 Å². The number of carbonyl (C=O) groups is 1. The highest BCUT2D eigenvalue weighted by molar-refractivity contribution is 5.90. The average Bonchev–Trinajstić information content (AvgIpc) is 3.12. The van der Waals surface area contributed by atoms with E-state index in [1.54, 1.807) is 6.07 Å². The van der Waals surface area contributed by atoms with Crippen LogP contribution in [0.15, 0.2) is 60.2 Å². The van der Waals surface area contributed by atoms with E-state index in [9.17, 15) is 9.18 Å². The molecule has 5 atom stereocenters. The molecule has 1 saturated carbocycles. The SMILES string of the molecule is COC(=O)C1=CC2c3ccccc3C3C2CC1[C@H]3c1ccccc1F. The van der Waals surface area contributed by atoms with Gasteiger partial charge >= 0.3 is 5.97 Å². The summed E-state index contributed by atoms with van der Waals surface area (Å²) in [6.45, 7) is 0. The summed E-state index contributed by atoms with van der Waals surface area (Å²) in [6, 6.07) is 15.5. The first-order valence-corrected chi connectivity index (χ1v) is 8.84. The molecule has 0 heterocycles. The van der Waals surface area contributed by atoms with Gasteiger partial charge in [0.05, 0.1) is 7.11 Å². The third-order valence-electron chi connectivity index (χ3n) is 6.43. The van der Waals surface area contributed by atoms with Crippen LogP contribution in [0, 0.1) is 17.7 Å². The number of methoxy groups -OCH3 is 1. The predicted octanol–water partition coefficient (Wildman–Crippen LogP) is 4.54. The van der Waals surface area contributed by atoms with Gasteiger partial charge in [0.15, 0.2) is 0 Å². The van der Waals surface area contributed by atoms with Crippen LogP contribution in [0.1, 0.15) is 40.9 Å². The van der Waals surface area contributed by atoms with Gasteiger partial charge in [-0.05, 0) is 46.9 Å². The number of carbonyl (C=O) groups excluding carboxylic acids is 1. The Balaban J connectivity index is 1.74. The van der Waals surface area contributed by atoms with Gasteiger partial charge in [0.25, 0.3) is 0 Å². The van der Waals surface area contributed by atoms with Gasteiger partial charge in [-0.25, -0.2) is 9.18 Å². The van der Waals surface area contributed by atoms with Crippen LogP contribution in [0.3, 0.4) is 0 Å². The van der Waals surface area contributed by atoms with Crippen molar-refractivity contribution in [2.75, 3.05) is 7.11 Å². The topological polar surface area (TPSA) is 26.3 Å². The molecule has 0 aliphatic heterocycles. The Labute approximate surface area is 146 Å². The van der Waals surface area contributed by atoms with Crippen molar-refractivity contribution in [1.29, 1.82) is 0 Å². The van der Waals surface area contributed by atoms with E-state index in [-0.39, 0.29) is 35.5 Å². The molecule has 0 saturated heterocycles. The molecule has 5 rings (SSSR count). The molecular formula is C22H19FO2. The first-order valence-electron chi connectivity index (χ1n) is 8.84. The van der Waals surface area contributed by atoms with Gasteiger partial charge in [-0.2, -0.15) is 0 Å². The van der Waals surface area contributed by atoms with E-state index in [2.05, 4.69) is 30.3 Å². The third kappa shape index (κ3) is 1.92. The molecule has 0 spiro atoms. The van der Waals surface area contributed by atoms with Crippen molar-refractivity contribution < 1.29 is 13.9 Å². The molecule has 3 heteroatoms. The van der Waals surface area contributed by atoms with Crippen LogP contribution >= 0.6 is 0 Å². The number of ether oxygens (including phenoxy) is 1. The van der Waals surface area contributed by atoms with Crippen LogP contribution < -0.4 is 0 Å². The van der Waals surface area contributed by atoms with Gasteiger partial charge in [-0.15, -0.1) is 0 Å². The number of benzene rings is 2. The summed E-state index contributed by atoms with van der Waals surface area (Å²) in [6.07, 6.45) is 3.02. The summed E-state index contributed by atoms with van der Waals surface area (Å²) in [5, 5.41) is 0. The maximum absolute atomic E-state index is 14.7. The van der Waals surface area contributed by atoms with Crippen molar-refractivity contribution in [3.63, 3.8) is 0 Å². The maximum Gasteiger partial charge on any atom is 0.333 e. The summed E-state index contributed by atoms with van der Waals surface area (Å²) in [7, 11) is 1.43. The molecule has 3 aliphatic rings. The molecule has 2 aromatic carbocycles. The zero-order valence-electron chi connectivity index (χ0n) is 14.0. The number of rotatable bonds is 2. The lowest BCUT2D eigenvalue weighted by molar-refractivity contribution is -0.136. The lowest BCUT2D eigenvalue weighted by atomic mass is 9.75. The van der Waals surface area contributed by atoms with E-state index in [1.165, 1.54) is 24.3 Å². The van der Waals surface area contributed by atoms with E-state index < -0.39 is 0 Å². The van der Waals surface area contributed by atoms with E-state index in [1.807, 2.05) is 12.1 Å². The Morgan fingerprint density at radius 1 is 1.00 bits per heavy atom. The predicted molar refractivity (Wildman–Crippen MR) is 92.8 cm³/mol. The van der Waals surface area contributed by atoms with Crippen LogP contribution in [0.25, 0.3) is 0 Å². The molecular weight excluding hydrogens is 315 g/mol. The van der Waals surface area contributed by atoms with Crippen molar-refractivity contribution in [2.24, 2.45) is 11.8 Å². The largest absolute Gasteiger partial charge is 0.466 e. The molecule has 2 aromatic rings. The normalized spacial score (nSPS) is 31.4. The summed E-state index contributed by atoms with van der Waals surface area (Å²) in [5.41, 5.74) is 4.08. The summed E-state index contributed by atoms with van der Waals surface area (Å²) < 4.78 is 19.7. The fourth-order valence-electron chi connectivity index (χ4n) is 5.59. The molecule has 3 aliphatic carbocycles. The fraction of sp³-hybridized carbons (Fsp3) is 0.318. The highest BCUT2D eigenvalue weighted by Gasteiger charge is 2.57. The number of hydrogen-bond acceptors (Lipinski definition) is 2. The number of esters is 1. The molecule has 2 bridgehead atoms. The minimum absolute atomic E-state index is 0.00907. The van der Waals surface area contributed by atoms with Gasteiger partial charge in [0.1, 0.15) is 5.82 Å². The number of allylic oxidation sites excluding steroid dienone is 1. The molecule has 1 fully saturated rings. The van der Waals surface area contributed by atoms with Gasteiger partial charge in [0, 0.05) is 17.4 Å². The van der Waals surface area contributed by atoms with Crippen LogP contribution in [-0.2, 0) is 9.53 Å².